The van der Waals surface area contributed by atoms with Crippen LogP contribution in [0.5, 0.6) is 0 Å². The highest BCUT2D eigenvalue weighted by atomic mass is 16.5. The molecule has 0 aliphatic carbocycles. The summed E-state index contributed by atoms with van der Waals surface area (Å²) in [6.07, 6.45) is 3.68. The Morgan fingerprint density at radius 1 is 1.33 bits per heavy atom. The molecule has 0 bridgehead atoms. The Hall–Kier alpha value is -1.28. The lowest BCUT2D eigenvalue weighted by Crippen LogP contribution is -2.26. The van der Waals surface area contributed by atoms with Gasteiger partial charge in [-0.25, -0.2) is 0 Å². The van der Waals surface area contributed by atoms with Gasteiger partial charge in [0.2, 0.25) is 0 Å². The molecule has 1 aliphatic heterocycles. The van der Waals surface area contributed by atoms with E-state index in [1.54, 1.807) is 12.3 Å². The van der Waals surface area contributed by atoms with E-state index in [-0.39, 0.29) is 12.2 Å². The van der Waals surface area contributed by atoms with Crippen LogP contribution in [0.1, 0.15) is 24.8 Å². The van der Waals surface area contributed by atoms with Crippen LogP contribution >= 0.6 is 0 Å². The number of hydrogen-bond donors (Lipinski definition) is 1. The molecule has 15 heavy (non-hydrogen) atoms. The third-order valence-electron chi connectivity index (χ3n) is 2.91. The molecule has 1 aromatic carbocycles. The van der Waals surface area contributed by atoms with E-state index in [0.29, 0.717) is 12.3 Å². The predicted octanol–water partition coefficient (Wildman–Crippen LogP) is 2.45. The summed E-state index contributed by atoms with van der Waals surface area (Å²) < 4.78 is 5.52. The molecule has 1 heterocycles. The third kappa shape index (κ3) is 2.39. The first-order valence-corrected chi connectivity index (χ1v) is 5.32. The Kier molecular flexibility index (Phi) is 3.07. The number of ether oxygens (including phenoxy) is 1. The number of aliphatic hydroxyl groups is 1. The van der Waals surface area contributed by atoms with Gasteiger partial charge in [-0.15, -0.1) is 0 Å². The molecule has 0 saturated heterocycles. The van der Waals surface area contributed by atoms with Gasteiger partial charge < -0.3 is 9.84 Å². The quantitative estimate of drug-likeness (QED) is 0.801. The lowest BCUT2D eigenvalue weighted by molar-refractivity contribution is 0.0502. The van der Waals surface area contributed by atoms with Crippen molar-refractivity contribution in [2.45, 2.75) is 31.5 Å². The maximum atomic E-state index is 9.51. The second-order valence-corrected chi connectivity index (χ2v) is 4.01. The Labute approximate surface area is 90.2 Å². The van der Waals surface area contributed by atoms with E-state index in [0.717, 1.165) is 0 Å². The summed E-state index contributed by atoms with van der Waals surface area (Å²) in [5, 5.41) is 9.51. The van der Waals surface area contributed by atoms with Gasteiger partial charge in [-0.3, -0.25) is 0 Å². The van der Waals surface area contributed by atoms with Crippen LogP contribution in [0.4, 0.5) is 0 Å². The predicted molar refractivity (Wildman–Crippen MR) is 59.5 cm³/mol. The third-order valence-corrected chi connectivity index (χ3v) is 2.91. The van der Waals surface area contributed by atoms with E-state index in [1.807, 2.05) is 18.2 Å². The molecule has 1 aromatic rings. The number of hydrogen-bond acceptors (Lipinski definition) is 2. The van der Waals surface area contributed by atoms with E-state index in [1.165, 1.54) is 5.56 Å². The highest BCUT2D eigenvalue weighted by Crippen LogP contribution is 2.26. The second-order valence-electron chi connectivity index (χ2n) is 4.01. The standard InChI is InChI=1S/C13H16O2/c1-10(11-5-3-2-4-6-11)13-9-12(14)7-8-15-13/h2-8,10,12-14H,9H2,1H3/t10-,12+,13+/m0/s1. The molecule has 2 nitrogen and oxygen atoms in total. The topological polar surface area (TPSA) is 29.5 Å². The van der Waals surface area contributed by atoms with Crippen LogP contribution in [0.2, 0.25) is 0 Å². The summed E-state index contributed by atoms with van der Waals surface area (Å²) in [5.74, 6) is 0.311. The van der Waals surface area contributed by atoms with Crippen LogP contribution in [-0.4, -0.2) is 17.3 Å². The second kappa shape index (κ2) is 4.49. The van der Waals surface area contributed by atoms with Gasteiger partial charge in [0.15, 0.2) is 0 Å². The van der Waals surface area contributed by atoms with Crippen molar-refractivity contribution in [3.63, 3.8) is 0 Å². The van der Waals surface area contributed by atoms with Crippen molar-refractivity contribution in [3.8, 4) is 0 Å². The molecule has 3 atom stereocenters. The minimum atomic E-state index is -0.366. The molecule has 1 aliphatic rings. The molecular formula is C13H16O2. The number of aliphatic hydroxyl groups excluding tert-OH is 1. The lowest BCUT2D eigenvalue weighted by Gasteiger charge is -2.28. The van der Waals surface area contributed by atoms with Crippen LogP contribution in [0.3, 0.4) is 0 Å². The highest BCUT2D eigenvalue weighted by Gasteiger charge is 2.24. The van der Waals surface area contributed by atoms with E-state index in [2.05, 4.69) is 19.1 Å². The zero-order chi connectivity index (χ0) is 10.7. The van der Waals surface area contributed by atoms with Crippen molar-refractivity contribution in [1.29, 1.82) is 0 Å². The Balaban J connectivity index is 2.08. The largest absolute Gasteiger partial charge is 0.498 e. The normalized spacial score (nSPS) is 27.1. The molecule has 0 aromatic heterocycles. The summed E-state index contributed by atoms with van der Waals surface area (Å²) in [5.41, 5.74) is 1.25. The van der Waals surface area contributed by atoms with Gasteiger partial charge >= 0.3 is 0 Å². The van der Waals surface area contributed by atoms with Gasteiger partial charge in [0.25, 0.3) is 0 Å². The van der Waals surface area contributed by atoms with E-state index in [4.69, 9.17) is 4.74 Å². The van der Waals surface area contributed by atoms with Crippen molar-refractivity contribution in [3.05, 3.63) is 48.2 Å². The first-order chi connectivity index (χ1) is 7.27. The fraction of sp³-hybridized carbons (Fsp3) is 0.385. The molecule has 80 valence electrons. The maximum Gasteiger partial charge on any atom is 0.107 e. The first-order valence-electron chi connectivity index (χ1n) is 5.32. The molecule has 0 saturated carbocycles. The van der Waals surface area contributed by atoms with Crippen molar-refractivity contribution < 1.29 is 9.84 Å². The number of rotatable bonds is 2. The average molecular weight is 204 g/mol. The van der Waals surface area contributed by atoms with Crippen LogP contribution in [0.15, 0.2) is 42.7 Å². The summed E-state index contributed by atoms with van der Waals surface area (Å²) in [6, 6.07) is 10.3. The van der Waals surface area contributed by atoms with Gasteiger partial charge in [-0.2, -0.15) is 0 Å². The summed E-state index contributed by atoms with van der Waals surface area (Å²) >= 11 is 0. The van der Waals surface area contributed by atoms with Crippen LogP contribution < -0.4 is 0 Å². The van der Waals surface area contributed by atoms with Gasteiger partial charge in [-0.1, -0.05) is 37.3 Å². The molecule has 0 fully saturated rings. The van der Waals surface area contributed by atoms with E-state index in [9.17, 15) is 5.11 Å². The van der Waals surface area contributed by atoms with Crippen molar-refractivity contribution >= 4 is 0 Å². The van der Waals surface area contributed by atoms with Crippen LogP contribution in [0, 0.1) is 0 Å². The molecule has 0 radical (unpaired) electrons. The molecule has 1 N–H and O–H groups in total. The molecule has 2 heteroatoms. The number of benzene rings is 1. The minimum absolute atomic E-state index is 0.0763. The molecular weight excluding hydrogens is 188 g/mol. The van der Waals surface area contributed by atoms with Gasteiger partial charge in [0.1, 0.15) is 6.10 Å². The fourth-order valence-electron chi connectivity index (χ4n) is 1.90. The van der Waals surface area contributed by atoms with Crippen molar-refractivity contribution in [1.82, 2.24) is 0 Å². The zero-order valence-corrected chi connectivity index (χ0v) is 8.84. The monoisotopic (exact) mass is 204 g/mol. The Morgan fingerprint density at radius 2 is 2.07 bits per heavy atom. The zero-order valence-electron chi connectivity index (χ0n) is 8.84. The Bertz CT molecular complexity index is 332. The Morgan fingerprint density at radius 3 is 2.73 bits per heavy atom. The minimum Gasteiger partial charge on any atom is -0.498 e. The average Bonchev–Trinajstić information content (AvgIpc) is 2.29. The van der Waals surface area contributed by atoms with E-state index < -0.39 is 0 Å². The van der Waals surface area contributed by atoms with Gasteiger partial charge in [0.05, 0.1) is 12.4 Å². The summed E-state index contributed by atoms with van der Waals surface area (Å²) in [4.78, 5) is 0. The molecule has 2 rings (SSSR count). The summed E-state index contributed by atoms with van der Waals surface area (Å²) in [6.45, 7) is 2.13. The molecule has 0 amide bonds. The smallest absolute Gasteiger partial charge is 0.107 e. The lowest BCUT2D eigenvalue weighted by atomic mass is 9.91. The highest BCUT2D eigenvalue weighted by molar-refractivity contribution is 5.20. The fourth-order valence-corrected chi connectivity index (χ4v) is 1.90. The maximum absolute atomic E-state index is 9.51. The van der Waals surface area contributed by atoms with Crippen LogP contribution in [-0.2, 0) is 4.74 Å². The molecule has 0 unspecified atom stereocenters. The van der Waals surface area contributed by atoms with Crippen molar-refractivity contribution in [2.24, 2.45) is 0 Å². The van der Waals surface area contributed by atoms with E-state index >= 15 is 0 Å². The molecule has 0 spiro atoms. The van der Waals surface area contributed by atoms with Gasteiger partial charge in [-0.05, 0) is 11.6 Å². The first kappa shape index (κ1) is 10.2. The SMILES string of the molecule is C[C@@H](c1ccccc1)[C@H]1C[C@H](O)C=CO1. The summed E-state index contributed by atoms with van der Waals surface area (Å²) in [7, 11) is 0. The van der Waals surface area contributed by atoms with Gasteiger partial charge in [0, 0.05) is 12.3 Å². The van der Waals surface area contributed by atoms with Crippen molar-refractivity contribution in [2.75, 3.05) is 0 Å². The van der Waals surface area contributed by atoms with Crippen LogP contribution in [0.25, 0.3) is 0 Å².